The Bertz CT molecular complexity index is 1100. The van der Waals surface area contributed by atoms with E-state index in [1.165, 1.54) is 18.2 Å². The third kappa shape index (κ3) is 4.71. The van der Waals surface area contributed by atoms with Crippen molar-refractivity contribution in [3.8, 4) is 0 Å². The average molecular weight is 439 g/mol. The molecule has 168 valence electrons. The van der Waals surface area contributed by atoms with E-state index in [-0.39, 0.29) is 29.7 Å². The largest absolute Gasteiger partial charge is 0.337 e. The van der Waals surface area contributed by atoms with Gasteiger partial charge in [-0.2, -0.15) is 5.10 Å². The monoisotopic (exact) mass is 438 g/mol. The van der Waals surface area contributed by atoms with Gasteiger partial charge < -0.3 is 4.90 Å². The number of aromatic nitrogens is 3. The predicted molar refractivity (Wildman–Crippen MR) is 119 cm³/mol. The van der Waals surface area contributed by atoms with Gasteiger partial charge in [-0.25, -0.2) is 8.78 Å². The fraction of sp³-hybridized carbons (Fsp3) is 0.400. The van der Waals surface area contributed by atoms with Crippen LogP contribution in [0.25, 0.3) is 0 Å². The second-order valence-corrected chi connectivity index (χ2v) is 8.85. The molecule has 3 aromatic rings. The van der Waals surface area contributed by atoms with Crippen LogP contribution in [0.15, 0.2) is 36.4 Å². The Balaban J connectivity index is 1.45. The molecule has 0 saturated carbocycles. The van der Waals surface area contributed by atoms with E-state index in [0.29, 0.717) is 18.8 Å². The Kier molecular flexibility index (Phi) is 6.35. The number of carbonyl (C=O) groups excluding carboxylic acids is 1. The highest BCUT2D eigenvalue weighted by atomic mass is 19.1. The van der Waals surface area contributed by atoms with Gasteiger partial charge in [0.05, 0.1) is 0 Å². The van der Waals surface area contributed by atoms with Gasteiger partial charge in [0.1, 0.15) is 17.3 Å². The lowest BCUT2D eigenvalue weighted by molar-refractivity contribution is 0.0706. The Labute approximate surface area is 186 Å². The van der Waals surface area contributed by atoms with Gasteiger partial charge in [-0.1, -0.05) is 19.9 Å². The van der Waals surface area contributed by atoms with Gasteiger partial charge in [-0.3, -0.25) is 14.9 Å². The molecule has 1 fully saturated rings. The molecule has 5 nitrogen and oxygen atoms in total. The zero-order valence-corrected chi connectivity index (χ0v) is 18.7. The summed E-state index contributed by atoms with van der Waals surface area (Å²) in [7, 11) is 0. The number of amides is 1. The standard InChI is InChI=1S/C25H28F2N4O/c1-15(2)22-14-24(30-29-22)25(32)31-9-7-18(8-10-31)23-13-17(11-16(3)28-23)12-19-20(26)5-4-6-21(19)27/h4-6,11,13-15,18H,7-10,12H2,1-3H3,(H,29,30). The number of aromatic amines is 1. The number of halogens is 2. The van der Waals surface area contributed by atoms with Gasteiger partial charge in [0.2, 0.25) is 0 Å². The summed E-state index contributed by atoms with van der Waals surface area (Å²) in [5.41, 5.74) is 4.06. The minimum absolute atomic E-state index is 0.0560. The summed E-state index contributed by atoms with van der Waals surface area (Å²) in [5, 5.41) is 7.12. The number of hydrogen-bond acceptors (Lipinski definition) is 3. The van der Waals surface area contributed by atoms with E-state index in [1.807, 2.05) is 30.0 Å². The number of benzene rings is 1. The van der Waals surface area contributed by atoms with E-state index in [9.17, 15) is 13.6 Å². The molecule has 0 spiro atoms. The molecule has 0 bridgehead atoms. The molecule has 0 aliphatic carbocycles. The van der Waals surface area contributed by atoms with Crippen molar-refractivity contribution in [1.29, 1.82) is 0 Å². The third-order valence-corrected chi connectivity index (χ3v) is 6.11. The van der Waals surface area contributed by atoms with Crippen LogP contribution in [0.1, 0.15) is 77.2 Å². The fourth-order valence-corrected chi connectivity index (χ4v) is 4.27. The summed E-state index contributed by atoms with van der Waals surface area (Å²) in [6.07, 6.45) is 1.76. The van der Waals surface area contributed by atoms with E-state index in [2.05, 4.69) is 29.0 Å². The highest BCUT2D eigenvalue weighted by molar-refractivity contribution is 5.92. The molecule has 0 unspecified atom stereocenters. The second kappa shape index (κ2) is 9.18. The van der Waals surface area contributed by atoms with E-state index in [0.717, 1.165) is 35.5 Å². The molecule has 1 N–H and O–H groups in total. The van der Waals surface area contributed by atoms with E-state index in [1.54, 1.807) is 0 Å². The van der Waals surface area contributed by atoms with Crippen molar-refractivity contribution < 1.29 is 13.6 Å². The number of carbonyl (C=O) groups is 1. The molecule has 1 aliphatic heterocycles. The third-order valence-electron chi connectivity index (χ3n) is 6.11. The van der Waals surface area contributed by atoms with E-state index in [4.69, 9.17) is 0 Å². The molecule has 0 radical (unpaired) electrons. The van der Waals surface area contributed by atoms with E-state index < -0.39 is 11.6 Å². The summed E-state index contributed by atoms with van der Waals surface area (Å²) >= 11 is 0. The number of pyridine rings is 1. The predicted octanol–water partition coefficient (Wildman–Crippen LogP) is 5.13. The first-order valence-corrected chi connectivity index (χ1v) is 11.1. The van der Waals surface area contributed by atoms with Crippen LogP contribution in [0.2, 0.25) is 0 Å². The molecule has 1 saturated heterocycles. The lowest BCUT2D eigenvalue weighted by atomic mass is 9.91. The number of nitrogens with one attached hydrogen (secondary N) is 1. The zero-order valence-electron chi connectivity index (χ0n) is 18.7. The number of hydrogen-bond donors (Lipinski definition) is 1. The molecule has 1 amide bonds. The van der Waals surface area contributed by atoms with Crippen molar-refractivity contribution in [2.24, 2.45) is 0 Å². The van der Waals surface area contributed by atoms with Crippen molar-refractivity contribution >= 4 is 5.91 Å². The first kappa shape index (κ1) is 22.1. The molecule has 0 atom stereocenters. The number of likely N-dealkylation sites (tertiary alicyclic amines) is 1. The van der Waals surface area contributed by atoms with Crippen LogP contribution in [0, 0.1) is 18.6 Å². The van der Waals surface area contributed by atoms with Crippen LogP contribution >= 0.6 is 0 Å². The average Bonchev–Trinajstić information content (AvgIpc) is 3.26. The van der Waals surface area contributed by atoms with Crippen LogP contribution in [-0.4, -0.2) is 39.1 Å². The molecule has 3 heterocycles. The highest BCUT2D eigenvalue weighted by Gasteiger charge is 2.27. The van der Waals surface area contributed by atoms with Gasteiger partial charge in [0.25, 0.3) is 5.91 Å². The van der Waals surface area contributed by atoms with Crippen LogP contribution in [-0.2, 0) is 6.42 Å². The maximum Gasteiger partial charge on any atom is 0.274 e. The molecule has 7 heteroatoms. The smallest absolute Gasteiger partial charge is 0.274 e. The first-order valence-electron chi connectivity index (χ1n) is 11.1. The topological polar surface area (TPSA) is 61.9 Å². The van der Waals surface area contributed by atoms with Gasteiger partial charge in [0, 0.05) is 48.1 Å². The van der Waals surface area contributed by atoms with Crippen molar-refractivity contribution in [3.63, 3.8) is 0 Å². The fourth-order valence-electron chi connectivity index (χ4n) is 4.27. The van der Waals surface area contributed by atoms with Crippen LogP contribution in [0.4, 0.5) is 8.78 Å². The van der Waals surface area contributed by atoms with Crippen molar-refractivity contribution in [2.45, 2.75) is 51.9 Å². The summed E-state index contributed by atoms with van der Waals surface area (Å²) in [6, 6.07) is 9.59. The SMILES string of the molecule is Cc1cc(Cc2c(F)cccc2F)cc(C2CCN(C(=O)c3cc(C(C)C)[nH]n3)CC2)n1. The van der Waals surface area contributed by atoms with Crippen LogP contribution in [0.3, 0.4) is 0 Å². The van der Waals surface area contributed by atoms with Crippen molar-refractivity contribution in [2.75, 3.05) is 13.1 Å². The van der Waals surface area contributed by atoms with Gasteiger partial charge in [-0.15, -0.1) is 0 Å². The summed E-state index contributed by atoms with van der Waals surface area (Å²) in [4.78, 5) is 19.3. The molecule has 1 aromatic carbocycles. The molecule has 2 aromatic heterocycles. The van der Waals surface area contributed by atoms with Crippen molar-refractivity contribution in [1.82, 2.24) is 20.1 Å². The normalized spacial score (nSPS) is 14.9. The number of piperidine rings is 1. The number of rotatable bonds is 5. The molecular formula is C25H28F2N4O. The number of aryl methyl sites for hydroxylation is 1. The number of nitrogens with zero attached hydrogens (tertiary/aromatic N) is 3. The molecular weight excluding hydrogens is 410 g/mol. The van der Waals surface area contributed by atoms with Gasteiger partial charge in [-0.05, 0) is 61.6 Å². The number of H-pyrrole nitrogens is 1. The van der Waals surface area contributed by atoms with Crippen LogP contribution in [0.5, 0.6) is 0 Å². The minimum Gasteiger partial charge on any atom is -0.337 e. The lowest BCUT2D eigenvalue weighted by Gasteiger charge is -2.31. The Hall–Kier alpha value is -3.09. The first-order chi connectivity index (χ1) is 15.3. The molecule has 4 rings (SSSR count). The quantitative estimate of drug-likeness (QED) is 0.601. The Morgan fingerprint density at radius 3 is 2.47 bits per heavy atom. The zero-order chi connectivity index (χ0) is 22.8. The highest BCUT2D eigenvalue weighted by Crippen LogP contribution is 2.29. The Morgan fingerprint density at radius 1 is 1.16 bits per heavy atom. The van der Waals surface area contributed by atoms with Gasteiger partial charge >= 0.3 is 0 Å². The second-order valence-electron chi connectivity index (χ2n) is 8.85. The van der Waals surface area contributed by atoms with Gasteiger partial charge in [0.15, 0.2) is 0 Å². The minimum atomic E-state index is -0.535. The maximum atomic E-state index is 14.1. The molecule has 1 aliphatic rings. The van der Waals surface area contributed by atoms with Crippen LogP contribution < -0.4 is 0 Å². The summed E-state index contributed by atoms with van der Waals surface area (Å²) < 4.78 is 28.2. The lowest BCUT2D eigenvalue weighted by Crippen LogP contribution is -2.38. The maximum absolute atomic E-state index is 14.1. The summed E-state index contributed by atoms with van der Waals surface area (Å²) in [5.74, 6) is -0.638. The van der Waals surface area contributed by atoms with Crippen molar-refractivity contribution in [3.05, 3.63) is 81.9 Å². The van der Waals surface area contributed by atoms with E-state index >= 15 is 0 Å². The Morgan fingerprint density at radius 2 is 1.84 bits per heavy atom. The summed E-state index contributed by atoms with van der Waals surface area (Å²) in [6.45, 7) is 7.25. The molecule has 32 heavy (non-hydrogen) atoms.